The Balaban J connectivity index is 1.08. The highest BCUT2D eigenvalue weighted by atomic mass is 19.1. The van der Waals surface area contributed by atoms with Crippen molar-refractivity contribution in [2.75, 3.05) is 19.7 Å². The number of ether oxygens (including phenoxy) is 1. The number of nitrogens with zero attached hydrogens (tertiary/aromatic N) is 3. The third-order valence-electron chi connectivity index (χ3n) is 6.58. The van der Waals surface area contributed by atoms with E-state index >= 15 is 0 Å². The summed E-state index contributed by atoms with van der Waals surface area (Å²) in [6.07, 6.45) is 7.25. The number of aromatic nitrogens is 2. The summed E-state index contributed by atoms with van der Waals surface area (Å²) in [4.78, 5) is 31.2. The van der Waals surface area contributed by atoms with Gasteiger partial charge in [0.25, 0.3) is 11.8 Å². The lowest BCUT2D eigenvalue weighted by Crippen LogP contribution is -2.40. The molecule has 5 rings (SSSR count). The van der Waals surface area contributed by atoms with Crippen molar-refractivity contribution < 1.29 is 18.7 Å². The van der Waals surface area contributed by atoms with Crippen molar-refractivity contribution in [1.82, 2.24) is 19.6 Å². The molecule has 0 radical (unpaired) electrons. The fourth-order valence-electron chi connectivity index (χ4n) is 4.48. The minimum atomic E-state index is -0.340. The third kappa shape index (κ3) is 5.54. The summed E-state index contributed by atoms with van der Waals surface area (Å²) in [6.45, 7) is 1.68. The second-order valence-electron chi connectivity index (χ2n) is 8.93. The monoisotopic (exact) mass is 486 g/mol. The Labute approximate surface area is 208 Å². The Morgan fingerprint density at radius 2 is 1.75 bits per heavy atom. The molecule has 2 aromatic heterocycles. The number of piperidine rings is 1. The van der Waals surface area contributed by atoms with Crippen molar-refractivity contribution in [2.45, 2.75) is 25.3 Å². The van der Waals surface area contributed by atoms with Crippen molar-refractivity contribution >= 4 is 17.5 Å². The molecule has 0 aliphatic carbocycles. The van der Waals surface area contributed by atoms with Crippen LogP contribution in [0.4, 0.5) is 4.39 Å². The minimum Gasteiger partial charge on any atom is -0.484 e. The van der Waals surface area contributed by atoms with Crippen LogP contribution in [0.2, 0.25) is 0 Å². The van der Waals surface area contributed by atoms with Gasteiger partial charge in [0.2, 0.25) is 0 Å². The average Bonchev–Trinajstić information content (AvgIpc) is 3.39. The molecule has 4 aromatic rings. The molecular formula is C28H27FN4O3. The lowest BCUT2D eigenvalue weighted by Gasteiger charge is -2.32. The summed E-state index contributed by atoms with van der Waals surface area (Å²) in [5.74, 6) is 0.282. The van der Waals surface area contributed by atoms with Crippen molar-refractivity contribution in [2.24, 2.45) is 0 Å². The molecule has 36 heavy (non-hydrogen) atoms. The van der Waals surface area contributed by atoms with E-state index in [2.05, 4.69) is 10.3 Å². The van der Waals surface area contributed by atoms with Gasteiger partial charge in [0.1, 0.15) is 17.2 Å². The second kappa shape index (κ2) is 10.6. The third-order valence-corrected chi connectivity index (χ3v) is 6.58. The molecule has 0 atom stereocenters. The van der Waals surface area contributed by atoms with E-state index < -0.39 is 0 Å². The molecule has 7 nitrogen and oxygen atoms in total. The van der Waals surface area contributed by atoms with Crippen LogP contribution in [0.1, 0.15) is 40.2 Å². The van der Waals surface area contributed by atoms with Crippen molar-refractivity contribution in [3.8, 4) is 5.75 Å². The van der Waals surface area contributed by atoms with Crippen LogP contribution in [-0.4, -0.2) is 45.8 Å². The van der Waals surface area contributed by atoms with E-state index in [4.69, 9.17) is 4.74 Å². The zero-order chi connectivity index (χ0) is 24.9. The zero-order valence-electron chi connectivity index (χ0n) is 19.8. The van der Waals surface area contributed by atoms with E-state index in [1.807, 2.05) is 58.1 Å². The molecule has 8 heteroatoms. The smallest absolute Gasteiger partial charge is 0.260 e. The van der Waals surface area contributed by atoms with Crippen LogP contribution in [0.5, 0.6) is 5.75 Å². The van der Waals surface area contributed by atoms with Crippen LogP contribution in [-0.2, 0) is 11.3 Å². The lowest BCUT2D eigenvalue weighted by molar-refractivity contribution is -0.134. The highest BCUT2D eigenvalue weighted by Gasteiger charge is 2.24. The molecule has 1 N–H and O–H groups in total. The predicted octanol–water partition coefficient (Wildman–Crippen LogP) is 4.19. The van der Waals surface area contributed by atoms with Gasteiger partial charge in [-0.1, -0.05) is 12.1 Å². The topological polar surface area (TPSA) is 75.9 Å². The van der Waals surface area contributed by atoms with Gasteiger partial charge >= 0.3 is 0 Å². The predicted molar refractivity (Wildman–Crippen MR) is 133 cm³/mol. The van der Waals surface area contributed by atoms with E-state index in [9.17, 15) is 14.0 Å². The highest BCUT2D eigenvalue weighted by molar-refractivity contribution is 5.94. The lowest BCUT2D eigenvalue weighted by atomic mass is 9.89. The van der Waals surface area contributed by atoms with E-state index in [-0.39, 0.29) is 24.2 Å². The van der Waals surface area contributed by atoms with E-state index in [0.29, 0.717) is 36.9 Å². The molecule has 3 heterocycles. The molecule has 0 spiro atoms. The number of pyridine rings is 1. The molecule has 1 saturated heterocycles. The first-order chi connectivity index (χ1) is 17.5. The number of nitrogens with one attached hydrogen (secondary N) is 1. The number of halogens is 1. The largest absolute Gasteiger partial charge is 0.484 e. The Morgan fingerprint density at radius 1 is 1.00 bits per heavy atom. The van der Waals surface area contributed by atoms with E-state index in [1.54, 1.807) is 6.20 Å². The van der Waals surface area contributed by atoms with Gasteiger partial charge in [-0.15, -0.1) is 0 Å². The first kappa shape index (κ1) is 23.5. The Kier molecular flexibility index (Phi) is 6.93. The molecule has 1 aliphatic heterocycles. The first-order valence-electron chi connectivity index (χ1n) is 12.0. The van der Waals surface area contributed by atoms with E-state index in [0.717, 1.165) is 24.1 Å². The van der Waals surface area contributed by atoms with Crippen molar-refractivity contribution in [3.05, 3.63) is 102 Å². The fraction of sp³-hybridized carbons (Fsp3) is 0.250. The van der Waals surface area contributed by atoms with Crippen LogP contribution in [0, 0.1) is 5.82 Å². The molecule has 0 saturated carbocycles. The summed E-state index contributed by atoms with van der Waals surface area (Å²) in [5, 5.41) is 2.97. The molecule has 184 valence electrons. The molecule has 2 amide bonds. The SMILES string of the molecule is O=C(NCc1ccn2ccnc2c1)c1ccc(C2CCN(C(=O)COc3ccc(F)cc3)CC2)cc1. The maximum absolute atomic E-state index is 13.0. The molecule has 2 aromatic carbocycles. The second-order valence-corrected chi connectivity index (χ2v) is 8.93. The summed E-state index contributed by atoms with van der Waals surface area (Å²) in [6, 6.07) is 17.3. The number of carbonyl (C=O) groups excluding carboxylic acids is 2. The number of carbonyl (C=O) groups is 2. The molecular weight excluding hydrogens is 459 g/mol. The van der Waals surface area contributed by atoms with Gasteiger partial charge < -0.3 is 19.4 Å². The summed E-state index contributed by atoms with van der Waals surface area (Å²) < 4.78 is 20.4. The quantitative estimate of drug-likeness (QED) is 0.425. The average molecular weight is 487 g/mol. The number of hydrogen-bond acceptors (Lipinski definition) is 4. The normalized spacial score (nSPS) is 14.1. The Morgan fingerprint density at radius 3 is 2.50 bits per heavy atom. The maximum Gasteiger partial charge on any atom is 0.260 e. The first-order valence-corrected chi connectivity index (χ1v) is 12.0. The van der Waals surface area contributed by atoms with Crippen LogP contribution < -0.4 is 10.1 Å². The summed E-state index contributed by atoms with van der Waals surface area (Å²) in [7, 11) is 0. The maximum atomic E-state index is 13.0. The minimum absolute atomic E-state index is 0.0595. The zero-order valence-corrected chi connectivity index (χ0v) is 19.8. The Hall–Kier alpha value is -4.20. The van der Waals surface area contributed by atoms with Crippen LogP contribution in [0.15, 0.2) is 79.3 Å². The number of imidazole rings is 1. The van der Waals surface area contributed by atoms with Gasteiger partial charge in [-0.25, -0.2) is 9.37 Å². The number of hydrogen-bond donors (Lipinski definition) is 1. The highest BCUT2D eigenvalue weighted by Crippen LogP contribution is 2.28. The standard InChI is InChI=1S/C28H27FN4O3/c29-24-5-7-25(8-6-24)36-19-27(34)33-14-10-22(11-15-33)21-1-3-23(4-2-21)28(35)31-18-20-9-13-32-16-12-30-26(32)17-20/h1-9,12-13,16-17,22H,10-11,14-15,18-19H2,(H,31,35). The van der Waals surface area contributed by atoms with Gasteiger partial charge in [0, 0.05) is 43.8 Å². The van der Waals surface area contributed by atoms with Gasteiger partial charge in [-0.3, -0.25) is 9.59 Å². The van der Waals surface area contributed by atoms with E-state index in [1.165, 1.54) is 29.8 Å². The fourth-order valence-corrected chi connectivity index (χ4v) is 4.48. The van der Waals surface area contributed by atoms with Gasteiger partial charge in [-0.2, -0.15) is 0 Å². The number of benzene rings is 2. The van der Waals surface area contributed by atoms with Crippen LogP contribution >= 0.6 is 0 Å². The van der Waals surface area contributed by atoms with Crippen LogP contribution in [0.3, 0.4) is 0 Å². The van der Waals surface area contributed by atoms with Gasteiger partial charge in [-0.05, 0) is 78.4 Å². The number of likely N-dealkylation sites (tertiary alicyclic amines) is 1. The molecule has 1 aliphatic rings. The molecule has 0 unspecified atom stereocenters. The number of fused-ring (bicyclic) bond motifs is 1. The van der Waals surface area contributed by atoms with Crippen molar-refractivity contribution in [1.29, 1.82) is 0 Å². The molecule has 1 fully saturated rings. The van der Waals surface area contributed by atoms with Gasteiger partial charge in [0.15, 0.2) is 6.61 Å². The Bertz CT molecular complexity index is 1340. The van der Waals surface area contributed by atoms with Crippen molar-refractivity contribution in [3.63, 3.8) is 0 Å². The van der Waals surface area contributed by atoms with Gasteiger partial charge in [0.05, 0.1) is 0 Å². The van der Waals surface area contributed by atoms with Crippen LogP contribution in [0.25, 0.3) is 5.65 Å². The summed E-state index contributed by atoms with van der Waals surface area (Å²) >= 11 is 0. The number of rotatable bonds is 7. The molecule has 0 bridgehead atoms. The summed E-state index contributed by atoms with van der Waals surface area (Å²) in [5.41, 5.74) is 3.62. The number of amides is 2.